The zero-order chi connectivity index (χ0) is 11.4. The highest BCUT2D eigenvalue weighted by molar-refractivity contribution is 7.88. The van der Waals surface area contributed by atoms with E-state index in [-0.39, 0.29) is 0 Å². The zero-order valence-corrected chi connectivity index (χ0v) is 9.22. The van der Waals surface area contributed by atoms with Crippen LogP contribution in [0.25, 0.3) is 0 Å². The van der Waals surface area contributed by atoms with Gasteiger partial charge in [-0.2, -0.15) is 16.8 Å². The van der Waals surface area contributed by atoms with E-state index in [2.05, 4.69) is 8.37 Å². The number of hydrogen-bond donors (Lipinski definition) is 0. The normalized spacial score (nSPS) is 12.1. The van der Waals surface area contributed by atoms with E-state index in [0.717, 1.165) is 0 Å². The van der Waals surface area contributed by atoms with Crippen molar-refractivity contribution >= 4 is 26.4 Å². The molecule has 0 aromatic carbocycles. The Hall–Kier alpha value is -0.830. The van der Waals surface area contributed by atoms with E-state index >= 15 is 0 Å². The summed E-state index contributed by atoms with van der Waals surface area (Å²) in [5, 5.41) is 0. The van der Waals surface area contributed by atoms with Crippen molar-refractivity contribution in [2.24, 2.45) is 0 Å². The fraction of sp³-hybridized carbons (Fsp3) is 0.800. The summed E-state index contributed by atoms with van der Waals surface area (Å²) in [7, 11) is -8.08. The van der Waals surface area contributed by atoms with Crippen LogP contribution in [0.1, 0.15) is 13.8 Å². The Balaban J connectivity index is 4.42. The molecule has 0 fully saturated rings. The lowest BCUT2D eigenvalue weighted by Crippen LogP contribution is -2.20. The van der Waals surface area contributed by atoms with Gasteiger partial charge in [0.1, 0.15) is 0 Å². The summed E-state index contributed by atoms with van der Waals surface area (Å²) < 4.78 is 50.2. The number of carbonyl (C=O) groups is 1. The molecule has 0 aliphatic rings. The molecule has 0 amide bonds. The summed E-state index contributed by atoms with van der Waals surface area (Å²) >= 11 is 0. The van der Waals surface area contributed by atoms with E-state index in [4.69, 9.17) is 0 Å². The minimum atomic E-state index is -4.04. The van der Waals surface area contributed by atoms with Crippen molar-refractivity contribution in [2.75, 3.05) is 11.5 Å². The molecule has 0 aromatic rings. The van der Waals surface area contributed by atoms with Crippen molar-refractivity contribution in [1.82, 2.24) is 0 Å². The van der Waals surface area contributed by atoms with E-state index in [0.29, 0.717) is 0 Å². The molecule has 0 aliphatic carbocycles. The summed E-state index contributed by atoms with van der Waals surface area (Å²) in [5.41, 5.74) is 0. The van der Waals surface area contributed by atoms with Gasteiger partial charge in [0.05, 0.1) is 11.5 Å². The second-order valence-corrected chi connectivity index (χ2v) is 5.83. The molecule has 0 saturated heterocycles. The molecule has 84 valence electrons. The quantitative estimate of drug-likeness (QED) is 0.634. The van der Waals surface area contributed by atoms with Crippen LogP contribution < -0.4 is 0 Å². The Morgan fingerprint density at radius 1 is 0.929 bits per heavy atom. The average Bonchev–Trinajstić information content (AvgIpc) is 2.02. The number of carbonyl (C=O) groups excluding carboxylic acids is 1. The van der Waals surface area contributed by atoms with Crippen molar-refractivity contribution in [3.8, 4) is 0 Å². The predicted octanol–water partition coefficient (Wildman–Crippen LogP) is -0.161. The first kappa shape index (κ1) is 13.2. The lowest BCUT2D eigenvalue weighted by molar-refractivity contribution is 0.157. The van der Waals surface area contributed by atoms with Gasteiger partial charge in [-0.3, -0.25) is 0 Å². The molecule has 14 heavy (non-hydrogen) atoms. The first-order chi connectivity index (χ1) is 6.22. The first-order valence-electron chi connectivity index (χ1n) is 3.60. The molecule has 0 rings (SSSR count). The largest absolute Gasteiger partial charge is 0.540 e. The Labute approximate surface area is 82.3 Å². The topological polar surface area (TPSA) is 104 Å². The summed E-state index contributed by atoms with van der Waals surface area (Å²) in [4.78, 5) is 10.6. The summed E-state index contributed by atoms with van der Waals surface area (Å²) in [5.74, 6) is -0.900. The standard InChI is InChI=1S/C5H10O7S2/c1-3-13(7,8)11-5(6)12-14(9,10)4-2/h3-4H2,1-2H3. The Bertz CT molecular complexity index is 352. The third kappa shape index (κ3) is 5.02. The van der Waals surface area contributed by atoms with Gasteiger partial charge in [0.25, 0.3) is 0 Å². The molecular formula is C5H10O7S2. The van der Waals surface area contributed by atoms with Crippen LogP contribution in [0.15, 0.2) is 0 Å². The van der Waals surface area contributed by atoms with Crippen LogP contribution in [-0.4, -0.2) is 34.5 Å². The summed E-state index contributed by atoms with van der Waals surface area (Å²) in [6, 6.07) is 0. The van der Waals surface area contributed by atoms with Crippen molar-refractivity contribution in [2.45, 2.75) is 13.8 Å². The maximum Gasteiger partial charge on any atom is 0.540 e. The molecule has 7 nitrogen and oxygen atoms in total. The Kier molecular flexibility index (Phi) is 4.33. The molecule has 0 spiro atoms. The van der Waals surface area contributed by atoms with Gasteiger partial charge in [0.2, 0.25) is 0 Å². The van der Waals surface area contributed by atoms with E-state index in [1.54, 1.807) is 0 Å². The maximum atomic E-state index is 10.7. The molecule has 0 saturated carbocycles. The Morgan fingerprint density at radius 2 is 1.21 bits per heavy atom. The molecule has 9 heteroatoms. The van der Waals surface area contributed by atoms with Crippen molar-refractivity contribution in [3.63, 3.8) is 0 Å². The lowest BCUT2D eigenvalue weighted by Gasteiger charge is -2.03. The van der Waals surface area contributed by atoms with Gasteiger partial charge >= 0.3 is 26.4 Å². The van der Waals surface area contributed by atoms with E-state index < -0.39 is 37.9 Å². The van der Waals surface area contributed by atoms with Crippen LogP contribution in [-0.2, 0) is 28.6 Å². The SMILES string of the molecule is CCS(=O)(=O)OC(=O)OS(=O)(=O)CC. The van der Waals surface area contributed by atoms with Gasteiger partial charge in [0.15, 0.2) is 0 Å². The number of rotatable bonds is 4. The second-order valence-electron chi connectivity index (χ2n) is 2.11. The van der Waals surface area contributed by atoms with Crippen LogP contribution in [0, 0.1) is 0 Å². The van der Waals surface area contributed by atoms with Crippen molar-refractivity contribution in [1.29, 1.82) is 0 Å². The molecule has 0 atom stereocenters. The summed E-state index contributed by atoms with van der Waals surface area (Å²) in [6.45, 7) is 2.47. The van der Waals surface area contributed by atoms with Gasteiger partial charge in [-0.15, -0.1) is 0 Å². The minimum Gasteiger partial charge on any atom is -0.311 e. The highest BCUT2D eigenvalue weighted by Crippen LogP contribution is 2.00. The Morgan fingerprint density at radius 3 is 1.43 bits per heavy atom. The van der Waals surface area contributed by atoms with Crippen LogP contribution in [0.4, 0.5) is 4.79 Å². The first-order valence-corrected chi connectivity index (χ1v) is 6.76. The smallest absolute Gasteiger partial charge is 0.311 e. The fourth-order valence-corrected chi connectivity index (χ4v) is 1.10. The average molecular weight is 246 g/mol. The maximum absolute atomic E-state index is 10.7. The molecule has 0 radical (unpaired) electrons. The third-order valence-corrected chi connectivity index (χ3v) is 3.29. The van der Waals surface area contributed by atoms with Gasteiger partial charge in [0, 0.05) is 0 Å². The molecule has 0 aromatic heterocycles. The minimum absolute atomic E-state index is 0.450. The molecule has 0 heterocycles. The number of hydrogen-bond acceptors (Lipinski definition) is 7. The fourth-order valence-electron chi connectivity index (χ4n) is 0.339. The molecule has 0 unspecified atom stereocenters. The summed E-state index contributed by atoms with van der Waals surface area (Å²) in [6.07, 6.45) is -1.76. The highest BCUT2D eigenvalue weighted by atomic mass is 32.2. The highest BCUT2D eigenvalue weighted by Gasteiger charge is 2.21. The molecular weight excluding hydrogens is 236 g/mol. The van der Waals surface area contributed by atoms with Crippen LogP contribution in [0.3, 0.4) is 0 Å². The third-order valence-electron chi connectivity index (χ3n) is 1.10. The zero-order valence-electron chi connectivity index (χ0n) is 7.59. The van der Waals surface area contributed by atoms with Crippen molar-refractivity contribution < 1.29 is 30.0 Å². The van der Waals surface area contributed by atoms with Gasteiger partial charge in [-0.05, 0) is 13.8 Å². The van der Waals surface area contributed by atoms with Crippen LogP contribution in [0.5, 0.6) is 0 Å². The monoisotopic (exact) mass is 246 g/mol. The van der Waals surface area contributed by atoms with E-state index in [1.807, 2.05) is 0 Å². The molecule has 0 aliphatic heterocycles. The van der Waals surface area contributed by atoms with Gasteiger partial charge in [-0.25, -0.2) is 4.79 Å². The van der Waals surface area contributed by atoms with Gasteiger partial charge in [-0.1, -0.05) is 0 Å². The van der Waals surface area contributed by atoms with Crippen molar-refractivity contribution in [3.05, 3.63) is 0 Å². The lowest BCUT2D eigenvalue weighted by atomic mass is 11.0. The molecule has 0 bridgehead atoms. The van der Waals surface area contributed by atoms with E-state index in [1.165, 1.54) is 13.8 Å². The van der Waals surface area contributed by atoms with E-state index in [9.17, 15) is 21.6 Å². The molecule has 0 N–H and O–H groups in total. The predicted molar refractivity (Wildman–Crippen MR) is 46.5 cm³/mol. The second kappa shape index (κ2) is 4.60. The van der Waals surface area contributed by atoms with Crippen LogP contribution >= 0.6 is 0 Å². The van der Waals surface area contributed by atoms with Crippen LogP contribution in [0.2, 0.25) is 0 Å². The van der Waals surface area contributed by atoms with Gasteiger partial charge < -0.3 is 8.37 Å².